The van der Waals surface area contributed by atoms with Gasteiger partial charge >= 0.3 is 0 Å². The van der Waals surface area contributed by atoms with Gasteiger partial charge in [0.05, 0.1) is 11.0 Å². The summed E-state index contributed by atoms with van der Waals surface area (Å²) in [5.74, 6) is 0. The van der Waals surface area contributed by atoms with Crippen LogP contribution in [0.15, 0.2) is 36.5 Å². The molecule has 0 unspecified atom stereocenters. The fraction of sp³-hybridized carbons (Fsp3) is 0.0769. The molecule has 2 nitrogen and oxygen atoms in total. The van der Waals surface area contributed by atoms with E-state index in [0.717, 1.165) is 27.4 Å². The van der Waals surface area contributed by atoms with Crippen LogP contribution in [0, 0.1) is 6.92 Å². The number of halogens is 1. The topological polar surface area (TPSA) is 25.8 Å². The number of aryl methyl sites for hydroxylation is 1. The first-order chi connectivity index (χ1) is 7.75. The summed E-state index contributed by atoms with van der Waals surface area (Å²) in [7, 11) is 0. The van der Waals surface area contributed by atoms with Crippen molar-refractivity contribution in [2.45, 2.75) is 6.92 Å². The fourth-order valence-corrected chi connectivity index (χ4v) is 2.00. The fourth-order valence-electron chi connectivity index (χ4n) is 1.86. The SMILES string of the molecule is Cc1cc2ccc3cccnc3c2nc1Cl. The van der Waals surface area contributed by atoms with E-state index >= 15 is 0 Å². The molecule has 0 saturated heterocycles. The van der Waals surface area contributed by atoms with Gasteiger partial charge in [0.15, 0.2) is 0 Å². The lowest BCUT2D eigenvalue weighted by atomic mass is 10.1. The van der Waals surface area contributed by atoms with E-state index in [9.17, 15) is 0 Å². The Morgan fingerprint density at radius 2 is 1.88 bits per heavy atom. The summed E-state index contributed by atoms with van der Waals surface area (Å²) in [4.78, 5) is 8.77. The van der Waals surface area contributed by atoms with E-state index in [1.54, 1.807) is 6.20 Å². The van der Waals surface area contributed by atoms with Crippen LogP contribution < -0.4 is 0 Å². The summed E-state index contributed by atoms with van der Waals surface area (Å²) in [5.41, 5.74) is 2.76. The monoisotopic (exact) mass is 228 g/mol. The predicted molar refractivity (Wildman–Crippen MR) is 66.8 cm³/mol. The zero-order chi connectivity index (χ0) is 11.1. The molecule has 0 aliphatic carbocycles. The Labute approximate surface area is 97.9 Å². The van der Waals surface area contributed by atoms with Crippen LogP contribution in [0.2, 0.25) is 5.15 Å². The van der Waals surface area contributed by atoms with Crippen molar-refractivity contribution in [3.05, 3.63) is 47.2 Å². The van der Waals surface area contributed by atoms with Crippen LogP contribution in [0.25, 0.3) is 21.8 Å². The number of aromatic nitrogens is 2. The minimum atomic E-state index is 0.547. The zero-order valence-corrected chi connectivity index (χ0v) is 9.49. The summed E-state index contributed by atoms with van der Waals surface area (Å²) >= 11 is 6.05. The lowest BCUT2D eigenvalue weighted by Gasteiger charge is -2.04. The molecule has 3 rings (SSSR count). The molecule has 0 aliphatic rings. The average molecular weight is 229 g/mol. The van der Waals surface area contributed by atoms with Gasteiger partial charge in [-0.15, -0.1) is 0 Å². The van der Waals surface area contributed by atoms with Crippen LogP contribution in [-0.2, 0) is 0 Å². The Bertz CT molecular complexity index is 692. The first-order valence-corrected chi connectivity index (χ1v) is 5.44. The van der Waals surface area contributed by atoms with Gasteiger partial charge in [-0.25, -0.2) is 4.98 Å². The maximum absolute atomic E-state index is 6.05. The average Bonchev–Trinajstić information content (AvgIpc) is 2.31. The van der Waals surface area contributed by atoms with Gasteiger partial charge in [0.2, 0.25) is 0 Å². The Balaban J connectivity index is 2.55. The molecule has 0 fully saturated rings. The number of hydrogen-bond donors (Lipinski definition) is 0. The lowest BCUT2D eigenvalue weighted by molar-refractivity contribution is 1.32. The van der Waals surface area contributed by atoms with Gasteiger partial charge in [-0.3, -0.25) is 4.98 Å². The van der Waals surface area contributed by atoms with E-state index in [1.807, 2.05) is 25.1 Å². The number of hydrogen-bond acceptors (Lipinski definition) is 2. The van der Waals surface area contributed by atoms with E-state index in [-0.39, 0.29) is 0 Å². The second kappa shape index (κ2) is 3.42. The van der Waals surface area contributed by atoms with Crippen molar-refractivity contribution >= 4 is 33.4 Å². The largest absolute Gasteiger partial charge is 0.254 e. The van der Waals surface area contributed by atoms with Gasteiger partial charge < -0.3 is 0 Å². The Hall–Kier alpha value is -1.67. The molecule has 1 aromatic carbocycles. The molecular formula is C13H9ClN2. The lowest BCUT2D eigenvalue weighted by Crippen LogP contribution is -1.87. The van der Waals surface area contributed by atoms with Crippen LogP contribution in [0.1, 0.15) is 5.56 Å². The minimum Gasteiger partial charge on any atom is -0.254 e. The smallest absolute Gasteiger partial charge is 0.132 e. The molecule has 0 N–H and O–H groups in total. The highest BCUT2D eigenvalue weighted by Gasteiger charge is 2.05. The Morgan fingerprint density at radius 1 is 1.06 bits per heavy atom. The molecule has 2 aromatic heterocycles. The van der Waals surface area contributed by atoms with Gasteiger partial charge in [-0.1, -0.05) is 29.8 Å². The van der Waals surface area contributed by atoms with Gasteiger partial charge in [-0.2, -0.15) is 0 Å². The predicted octanol–water partition coefficient (Wildman–Crippen LogP) is 3.74. The maximum Gasteiger partial charge on any atom is 0.132 e. The zero-order valence-electron chi connectivity index (χ0n) is 8.74. The number of nitrogens with zero attached hydrogens (tertiary/aromatic N) is 2. The third-order valence-corrected chi connectivity index (χ3v) is 3.07. The van der Waals surface area contributed by atoms with Crippen LogP contribution in [0.5, 0.6) is 0 Å². The molecule has 0 aliphatic heterocycles. The van der Waals surface area contributed by atoms with Crippen LogP contribution in [0.3, 0.4) is 0 Å². The van der Waals surface area contributed by atoms with Crippen molar-refractivity contribution in [3.8, 4) is 0 Å². The van der Waals surface area contributed by atoms with E-state index in [1.165, 1.54) is 0 Å². The normalized spacial score (nSPS) is 11.1. The van der Waals surface area contributed by atoms with E-state index in [4.69, 9.17) is 11.6 Å². The van der Waals surface area contributed by atoms with Crippen molar-refractivity contribution in [2.24, 2.45) is 0 Å². The van der Waals surface area contributed by atoms with Gasteiger partial charge in [0.25, 0.3) is 0 Å². The third-order valence-electron chi connectivity index (χ3n) is 2.69. The first kappa shape index (κ1) is 9.55. The number of pyridine rings is 2. The number of fused-ring (bicyclic) bond motifs is 3. The Morgan fingerprint density at radius 3 is 2.75 bits per heavy atom. The summed E-state index contributed by atoms with van der Waals surface area (Å²) < 4.78 is 0. The maximum atomic E-state index is 6.05. The third kappa shape index (κ3) is 1.34. The second-order valence-electron chi connectivity index (χ2n) is 3.81. The Kier molecular flexibility index (Phi) is 2.04. The summed E-state index contributed by atoms with van der Waals surface area (Å²) in [6.45, 7) is 1.96. The minimum absolute atomic E-state index is 0.547. The summed E-state index contributed by atoms with van der Waals surface area (Å²) in [6, 6.07) is 10.1. The highest BCUT2D eigenvalue weighted by molar-refractivity contribution is 6.30. The molecule has 3 aromatic rings. The van der Waals surface area contributed by atoms with Crippen LogP contribution in [-0.4, -0.2) is 9.97 Å². The molecule has 0 radical (unpaired) electrons. The standard InChI is InChI=1S/C13H9ClN2/c1-8-7-10-5-4-9-3-2-6-15-11(9)12(10)16-13(8)14/h2-7H,1H3. The highest BCUT2D eigenvalue weighted by atomic mass is 35.5. The van der Waals surface area contributed by atoms with Crippen molar-refractivity contribution in [1.82, 2.24) is 9.97 Å². The van der Waals surface area contributed by atoms with Crippen molar-refractivity contribution in [2.75, 3.05) is 0 Å². The van der Waals surface area contributed by atoms with E-state index < -0.39 is 0 Å². The molecule has 2 heterocycles. The van der Waals surface area contributed by atoms with Gasteiger partial charge in [-0.05, 0) is 24.6 Å². The number of rotatable bonds is 0. The molecule has 0 atom stereocenters. The highest BCUT2D eigenvalue weighted by Crippen LogP contribution is 2.25. The van der Waals surface area contributed by atoms with Crippen molar-refractivity contribution in [3.63, 3.8) is 0 Å². The van der Waals surface area contributed by atoms with E-state index in [2.05, 4.69) is 22.1 Å². The first-order valence-electron chi connectivity index (χ1n) is 5.06. The van der Waals surface area contributed by atoms with Crippen molar-refractivity contribution < 1.29 is 0 Å². The molecule has 78 valence electrons. The van der Waals surface area contributed by atoms with Crippen molar-refractivity contribution in [1.29, 1.82) is 0 Å². The molecule has 16 heavy (non-hydrogen) atoms. The van der Waals surface area contributed by atoms with E-state index in [0.29, 0.717) is 5.15 Å². The molecular weight excluding hydrogens is 220 g/mol. The number of benzene rings is 1. The van der Waals surface area contributed by atoms with Crippen LogP contribution in [0.4, 0.5) is 0 Å². The molecule has 3 heteroatoms. The van der Waals surface area contributed by atoms with Gasteiger partial charge in [0.1, 0.15) is 5.15 Å². The quantitative estimate of drug-likeness (QED) is 0.433. The summed E-state index contributed by atoms with van der Waals surface area (Å²) in [6.07, 6.45) is 1.78. The van der Waals surface area contributed by atoms with Crippen LogP contribution >= 0.6 is 11.6 Å². The van der Waals surface area contributed by atoms with Gasteiger partial charge in [0, 0.05) is 17.0 Å². The summed E-state index contributed by atoms with van der Waals surface area (Å²) in [5, 5.41) is 2.71. The second-order valence-corrected chi connectivity index (χ2v) is 4.17. The molecule has 0 saturated carbocycles. The molecule has 0 bridgehead atoms. The molecule has 0 spiro atoms. The molecule has 0 amide bonds.